The van der Waals surface area contributed by atoms with Crippen molar-refractivity contribution in [2.24, 2.45) is 0 Å². The average Bonchev–Trinajstić information content (AvgIpc) is 2.36. The second-order valence-corrected chi connectivity index (χ2v) is 5.27. The quantitative estimate of drug-likeness (QED) is 0.671. The summed E-state index contributed by atoms with van der Waals surface area (Å²) in [5.41, 5.74) is -0.571. The molecular weight excluding hydrogens is 264 g/mol. The van der Waals surface area contributed by atoms with Crippen LogP contribution in [0.15, 0.2) is 18.2 Å². The SMILES string of the molecule is CC1(C)CN(c2c(C(=O)O)cccc2[N+](=O)[O-])CCO1. The Labute approximate surface area is 115 Å². The first-order valence-corrected chi connectivity index (χ1v) is 6.21. The molecule has 108 valence electrons. The summed E-state index contributed by atoms with van der Waals surface area (Å²) >= 11 is 0. The van der Waals surface area contributed by atoms with E-state index in [1.807, 2.05) is 13.8 Å². The third kappa shape index (κ3) is 2.72. The molecule has 1 aromatic carbocycles. The number of hydrogen-bond acceptors (Lipinski definition) is 5. The van der Waals surface area contributed by atoms with Gasteiger partial charge in [-0.1, -0.05) is 6.07 Å². The molecule has 0 aliphatic carbocycles. The molecule has 1 heterocycles. The molecule has 1 aromatic rings. The van der Waals surface area contributed by atoms with Gasteiger partial charge in [0.25, 0.3) is 5.69 Å². The van der Waals surface area contributed by atoms with Crippen molar-refractivity contribution in [3.8, 4) is 0 Å². The molecule has 7 heteroatoms. The van der Waals surface area contributed by atoms with E-state index < -0.39 is 16.5 Å². The van der Waals surface area contributed by atoms with Crippen LogP contribution in [0.5, 0.6) is 0 Å². The molecule has 0 bridgehead atoms. The van der Waals surface area contributed by atoms with Crippen molar-refractivity contribution in [1.29, 1.82) is 0 Å². The predicted molar refractivity (Wildman–Crippen MR) is 72.3 cm³/mol. The minimum absolute atomic E-state index is 0.0584. The summed E-state index contributed by atoms with van der Waals surface area (Å²) in [6.45, 7) is 4.97. The van der Waals surface area contributed by atoms with Gasteiger partial charge in [-0.25, -0.2) is 4.79 Å². The van der Waals surface area contributed by atoms with Crippen LogP contribution in [0.3, 0.4) is 0 Å². The molecule has 2 rings (SSSR count). The van der Waals surface area contributed by atoms with Gasteiger partial charge < -0.3 is 14.7 Å². The van der Waals surface area contributed by atoms with Crippen LogP contribution in [0.1, 0.15) is 24.2 Å². The number of rotatable bonds is 3. The molecule has 1 saturated heterocycles. The minimum Gasteiger partial charge on any atom is -0.478 e. The number of nitro benzene ring substituents is 1. The van der Waals surface area contributed by atoms with Gasteiger partial charge in [-0.15, -0.1) is 0 Å². The number of benzene rings is 1. The van der Waals surface area contributed by atoms with E-state index in [0.29, 0.717) is 19.7 Å². The predicted octanol–water partition coefficient (Wildman–Crippen LogP) is 1.91. The van der Waals surface area contributed by atoms with Crippen molar-refractivity contribution in [3.05, 3.63) is 33.9 Å². The molecule has 0 radical (unpaired) electrons. The Morgan fingerprint density at radius 3 is 2.75 bits per heavy atom. The number of nitrogens with zero attached hydrogens (tertiary/aromatic N) is 2. The van der Waals surface area contributed by atoms with E-state index in [-0.39, 0.29) is 16.9 Å². The summed E-state index contributed by atoms with van der Waals surface area (Å²) in [6.07, 6.45) is 0. The van der Waals surface area contributed by atoms with Crippen LogP contribution in [0, 0.1) is 10.1 Å². The van der Waals surface area contributed by atoms with Crippen LogP contribution in [0.4, 0.5) is 11.4 Å². The van der Waals surface area contributed by atoms with Gasteiger partial charge in [-0.3, -0.25) is 10.1 Å². The molecule has 20 heavy (non-hydrogen) atoms. The Morgan fingerprint density at radius 2 is 2.20 bits per heavy atom. The average molecular weight is 280 g/mol. The highest BCUT2D eigenvalue weighted by atomic mass is 16.6. The van der Waals surface area contributed by atoms with E-state index in [2.05, 4.69) is 0 Å². The van der Waals surface area contributed by atoms with Crippen LogP contribution in [-0.2, 0) is 4.74 Å². The highest BCUT2D eigenvalue weighted by Crippen LogP contribution is 2.34. The number of morpholine rings is 1. The molecule has 1 aliphatic rings. The van der Waals surface area contributed by atoms with E-state index in [4.69, 9.17) is 4.74 Å². The highest BCUT2D eigenvalue weighted by Gasteiger charge is 2.33. The van der Waals surface area contributed by atoms with Gasteiger partial charge in [0.15, 0.2) is 0 Å². The van der Waals surface area contributed by atoms with Crippen molar-refractivity contribution in [2.45, 2.75) is 19.4 Å². The zero-order chi connectivity index (χ0) is 14.9. The number of carboxylic acid groups (broad SMARTS) is 1. The Morgan fingerprint density at radius 1 is 1.50 bits per heavy atom. The summed E-state index contributed by atoms with van der Waals surface area (Å²) in [7, 11) is 0. The van der Waals surface area contributed by atoms with Crippen LogP contribution in [0.25, 0.3) is 0 Å². The molecule has 0 unspecified atom stereocenters. The maximum atomic E-state index is 11.3. The van der Waals surface area contributed by atoms with Crippen LogP contribution >= 0.6 is 0 Å². The van der Waals surface area contributed by atoms with Gasteiger partial charge in [0.2, 0.25) is 0 Å². The fraction of sp³-hybridized carbons (Fsp3) is 0.462. The van der Waals surface area contributed by atoms with Gasteiger partial charge in [0, 0.05) is 19.2 Å². The first kappa shape index (κ1) is 14.3. The Kier molecular flexibility index (Phi) is 3.63. The van der Waals surface area contributed by atoms with Gasteiger partial charge in [-0.05, 0) is 19.9 Å². The van der Waals surface area contributed by atoms with Crippen molar-refractivity contribution in [1.82, 2.24) is 0 Å². The number of nitro groups is 1. The summed E-state index contributed by atoms with van der Waals surface area (Å²) in [5.74, 6) is -1.17. The Bertz CT molecular complexity index is 523. The maximum absolute atomic E-state index is 11.3. The minimum atomic E-state index is -1.17. The first-order valence-electron chi connectivity index (χ1n) is 6.21. The Balaban J connectivity index is 2.53. The number of ether oxygens (including phenoxy) is 1. The maximum Gasteiger partial charge on any atom is 0.338 e. The highest BCUT2D eigenvalue weighted by molar-refractivity contribution is 5.97. The van der Waals surface area contributed by atoms with Crippen molar-refractivity contribution in [2.75, 3.05) is 24.6 Å². The van der Waals surface area contributed by atoms with Crippen molar-refractivity contribution >= 4 is 17.3 Å². The molecule has 0 saturated carbocycles. The molecule has 0 atom stereocenters. The zero-order valence-electron chi connectivity index (χ0n) is 11.3. The molecular formula is C13H16N2O5. The molecule has 1 fully saturated rings. The second-order valence-electron chi connectivity index (χ2n) is 5.27. The smallest absolute Gasteiger partial charge is 0.338 e. The summed E-state index contributed by atoms with van der Waals surface area (Å²) in [5, 5.41) is 20.4. The van der Waals surface area contributed by atoms with Crippen molar-refractivity contribution < 1.29 is 19.6 Å². The zero-order valence-corrected chi connectivity index (χ0v) is 11.3. The van der Waals surface area contributed by atoms with Crippen molar-refractivity contribution in [3.63, 3.8) is 0 Å². The standard InChI is InChI=1S/C13H16N2O5/c1-13(2)8-14(6-7-20-13)11-9(12(16)17)4-3-5-10(11)15(18)19/h3-5H,6-8H2,1-2H3,(H,16,17). The lowest BCUT2D eigenvalue weighted by molar-refractivity contribution is -0.384. The first-order chi connectivity index (χ1) is 9.32. The summed E-state index contributed by atoms with van der Waals surface area (Å²) < 4.78 is 5.56. The van der Waals surface area contributed by atoms with E-state index in [1.54, 1.807) is 4.90 Å². The van der Waals surface area contributed by atoms with E-state index >= 15 is 0 Å². The van der Waals surface area contributed by atoms with Crippen LogP contribution in [0.2, 0.25) is 0 Å². The van der Waals surface area contributed by atoms with Gasteiger partial charge in [0.05, 0.1) is 22.7 Å². The number of carbonyl (C=O) groups is 1. The lowest BCUT2D eigenvalue weighted by Gasteiger charge is -2.39. The molecule has 7 nitrogen and oxygen atoms in total. The van der Waals surface area contributed by atoms with Gasteiger partial charge >= 0.3 is 5.97 Å². The van der Waals surface area contributed by atoms with E-state index in [9.17, 15) is 20.0 Å². The lowest BCUT2D eigenvalue weighted by atomic mass is 10.0. The topological polar surface area (TPSA) is 92.9 Å². The van der Waals surface area contributed by atoms with Crippen LogP contribution in [-0.4, -0.2) is 41.3 Å². The summed E-state index contributed by atoms with van der Waals surface area (Å²) in [4.78, 5) is 23.6. The normalized spacial score (nSPS) is 17.8. The van der Waals surface area contributed by atoms with Crippen LogP contribution < -0.4 is 4.90 Å². The lowest BCUT2D eigenvalue weighted by Crippen LogP contribution is -2.49. The van der Waals surface area contributed by atoms with Gasteiger partial charge in [-0.2, -0.15) is 0 Å². The number of hydrogen-bond donors (Lipinski definition) is 1. The molecule has 1 aliphatic heterocycles. The number of anilines is 1. The molecule has 0 spiro atoms. The summed E-state index contributed by atoms with van der Waals surface area (Å²) in [6, 6.07) is 4.09. The Hall–Kier alpha value is -2.15. The molecule has 0 aromatic heterocycles. The monoisotopic (exact) mass is 280 g/mol. The fourth-order valence-electron chi connectivity index (χ4n) is 2.39. The third-order valence-electron chi connectivity index (χ3n) is 3.18. The van der Waals surface area contributed by atoms with E-state index in [1.165, 1.54) is 18.2 Å². The largest absolute Gasteiger partial charge is 0.478 e. The van der Waals surface area contributed by atoms with Gasteiger partial charge in [0.1, 0.15) is 5.69 Å². The number of para-hydroxylation sites is 1. The number of aromatic carboxylic acids is 1. The molecule has 0 amide bonds. The van der Waals surface area contributed by atoms with E-state index in [0.717, 1.165) is 0 Å². The molecule has 1 N–H and O–H groups in total. The fourth-order valence-corrected chi connectivity index (χ4v) is 2.39. The second kappa shape index (κ2) is 5.09. The third-order valence-corrected chi connectivity index (χ3v) is 3.18. The number of carboxylic acids is 1.